The van der Waals surface area contributed by atoms with Gasteiger partial charge in [0.25, 0.3) is 5.91 Å². The molecule has 0 unspecified atom stereocenters. The number of alkyl halides is 1. The van der Waals surface area contributed by atoms with Gasteiger partial charge < -0.3 is 5.32 Å². The Bertz CT molecular complexity index is 432. The molecular weight excluding hydrogens is 314 g/mol. The number of carbonyl (C=O) groups is 1. The van der Waals surface area contributed by atoms with Gasteiger partial charge in [-0.3, -0.25) is 4.79 Å². The smallest absolute Gasteiger partial charge is 0.251 e. The number of aryl methyl sites for hydroxylation is 1. The van der Waals surface area contributed by atoms with E-state index >= 15 is 0 Å². The highest BCUT2D eigenvalue weighted by molar-refractivity contribution is 9.10. The van der Waals surface area contributed by atoms with E-state index < -0.39 is 0 Å². The SMILES string of the molecule is Cc1ccc(Br)cc1C(=O)NCC(C)(C)CCCl. The lowest BCUT2D eigenvalue weighted by Crippen LogP contribution is -2.34. The summed E-state index contributed by atoms with van der Waals surface area (Å²) < 4.78 is 0.915. The highest BCUT2D eigenvalue weighted by atomic mass is 79.9. The molecule has 0 aliphatic heterocycles. The molecule has 0 radical (unpaired) electrons. The summed E-state index contributed by atoms with van der Waals surface area (Å²) in [6.07, 6.45) is 0.881. The first-order valence-corrected chi connectivity index (χ1v) is 7.29. The van der Waals surface area contributed by atoms with Crippen LogP contribution in [0.15, 0.2) is 22.7 Å². The molecule has 18 heavy (non-hydrogen) atoms. The molecule has 1 amide bonds. The van der Waals surface area contributed by atoms with E-state index in [4.69, 9.17) is 11.6 Å². The molecule has 0 bridgehead atoms. The van der Waals surface area contributed by atoms with Gasteiger partial charge in [-0.15, -0.1) is 11.6 Å². The molecule has 0 aromatic heterocycles. The second-order valence-corrected chi connectivity index (χ2v) is 6.54. The van der Waals surface area contributed by atoms with Gasteiger partial charge in [0.15, 0.2) is 0 Å². The third kappa shape index (κ3) is 4.62. The van der Waals surface area contributed by atoms with Crippen LogP contribution in [0.3, 0.4) is 0 Å². The lowest BCUT2D eigenvalue weighted by molar-refractivity contribution is 0.0935. The maximum absolute atomic E-state index is 12.1. The van der Waals surface area contributed by atoms with Crippen LogP contribution in [-0.4, -0.2) is 18.3 Å². The second-order valence-electron chi connectivity index (χ2n) is 5.25. The third-order valence-corrected chi connectivity index (χ3v) is 3.63. The monoisotopic (exact) mass is 331 g/mol. The number of amides is 1. The summed E-state index contributed by atoms with van der Waals surface area (Å²) in [5, 5.41) is 2.97. The highest BCUT2D eigenvalue weighted by Crippen LogP contribution is 2.20. The Labute approximate surface area is 122 Å². The average Bonchev–Trinajstić information content (AvgIpc) is 2.29. The van der Waals surface area contributed by atoms with E-state index in [9.17, 15) is 4.79 Å². The molecule has 1 aromatic carbocycles. The van der Waals surface area contributed by atoms with E-state index in [1.165, 1.54) is 0 Å². The van der Waals surface area contributed by atoms with Crippen LogP contribution < -0.4 is 5.32 Å². The Kier molecular flexibility index (Phi) is 5.67. The van der Waals surface area contributed by atoms with Gasteiger partial charge in [0.1, 0.15) is 0 Å². The number of halogens is 2. The number of hydrogen-bond acceptors (Lipinski definition) is 1. The van der Waals surface area contributed by atoms with Gasteiger partial charge >= 0.3 is 0 Å². The summed E-state index contributed by atoms with van der Waals surface area (Å²) in [6, 6.07) is 5.71. The summed E-state index contributed by atoms with van der Waals surface area (Å²) in [4.78, 5) is 12.1. The van der Waals surface area contributed by atoms with Gasteiger partial charge in [-0.2, -0.15) is 0 Å². The predicted molar refractivity (Wildman–Crippen MR) is 80.3 cm³/mol. The maximum Gasteiger partial charge on any atom is 0.251 e. The zero-order valence-corrected chi connectivity index (χ0v) is 13.4. The minimum Gasteiger partial charge on any atom is -0.351 e. The van der Waals surface area contributed by atoms with Gasteiger partial charge in [0, 0.05) is 22.5 Å². The molecule has 100 valence electrons. The van der Waals surface area contributed by atoms with E-state index in [1.54, 1.807) is 0 Å². The van der Waals surface area contributed by atoms with Crippen molar-refractivity contribution in [1.29, 1.82) is 0 Å². The van der Waals surface area contributed by atoms with E-state index in [1.807, 2.05) is 25.1 Å². The molecule has 0 fully saturated rings. The largest absolute Gasteiger partial charge is 0.351 e. The molecule has 0 atom stereocenters. The van der Waals surface area contributed by atoms with E-state index in [-0.39, 0.29) is 11.3 Å². The molecule has 0 spiro atoms. The Morgan fingerprint density at radius 3 is 2.72 bits per heavy atom. The van der Waals surface area contributed by atoms with Crippen molar-refractivity contribution in [2.45, 2.75) is 27.2 Å². The Hall–Kier alpha value is -0.540. The van der Waals surface area contributed by atoms with Gasteiger partial charge in [0.2, 0.25) is 0 Å². The molecule has 1 N–H and O–H groups in total. The summed E-state index contributed by atoms with van der Waals surface area (Å²) in [6.45, 7) is 6.77. The molecule has 1 rings (SSSR count). The second kappa shape index (κ2) is 6.58. The number of rotatable bonds is 5. The first-order valence-electron chi connectivity index (χ1n) is 5.96. The zero-order valence-electron chi connectivity index (χ0n) is 11.0. The van der Waals surface area contributed by atoms with Crippen molar-refractivity contribution in [2.75, 3.05) is 12.4 Å². The average molecular weight is 333 g/mol. The molecule has 4 heteroatoms. The predicted octanol–water partition coefficient (Wildman–Crippen LogP) is 4.14. The summed E-state index contributed by atoms with van der Waals surface area (Å²) in [5.74, 6) is 0.579. The molecule has 2 nitrogen and oxygen atoms in total. The summed E-state index contributed by atoms with van der Waals surface area (Å²) in [5.41, 5.74) is 1.72. The number of hydrogen-bond donors (Lipinski definition) is 1. The standard InChI is InChI=1S/C14H19BrClNO/c1-10-4-5-11(15)8-12(10)13(18)17-9-14(2,3)6-7-16/h4-5,8H,6-7,9H2,1-3H3,(H,17,18). The van der Waals surface area contributed by atoms with Crippen LogP contribution in [0.1, 0.15) is 36.2 Å². The first kappa shape index (κ1) is 15.5. The Balaban J connectivity index is 2.69. The number of nitrogens with one attached hydrogen (secondary N) is 1. The molecule has 0 aliphatic rings. The maximum atomic E-state index is 12.1. The van der Waals surface area contributed by atoms with Crippen molar-refractivity contribution in [3.63, 3.8) is 0 Å². The van der Waals surface area contributed by atoms with Crippen molar-refractivity contribution >= 4 is 33.4 Å². The van der Waals surface area contributed by atoms with Crippen molar-refractivity contribution in [1.82, 2.24) is 5.32 Å². The molecule has 0 saturated carbocycles. The van der Waals surface area contributed by atoms with Gasteiger partial charge in [-0.05, 0) is 36.5 Å². The van der Waals surface area contributed by atoms with Gasteiger partial charge in [0.05, 0.1) is 0 Å². The number of carbonyl (C=O) groups excluding carboxylic acids is 1. The number of benzene rings is 1. The molecular formula is C14H19BrClNO. The summed E-state index contributed by atoms with van der Waals surface area (Å²) in [7, 11) is 0. The van der Waals surface area contributed by atoms with Crippen molar-refractivity contribution < 1.29 is 4.79 Å². The molecule has 0 saturated heterocycles. The Morgan fingerprint density at radius 2 is 2.11 bits per heavy atom. The fourth-order valence-electron chi connectivity index (χ4n) is 1.60. The molecule has 1 aromatic rings. The Morgan fingerprint density at radius 1 is 1.44 bits per heavy atom. The minimum atomic E-state index is -0.0311. The normalized spacial score (nSPS) is 11.4. The lowest BCUT2D eigenvalue weighted by atomic mass is 9.90. The first-order chi connectivity index (χ1) is 8.35. The van der Waals surface area contributed by atoms with Crippen LogP contribution in [0, 0.1) is 12.3 Å². The van der Waals surface area contributed by atoms with Crippen LogP contribution in [0.25, 0.3) is 0 Å². The van der Waals surface area contributed by atoms with Crippen LogP contribution in [0.2, 0.25) is 0 Å². The zero-order chi connectivity index (χ0) is 13.8. The fraction of sp³-hybridized carbons (Fsp3) is 0.500. The van der Waals surface area contributed by atoms with Crippen molar-refractivity contribution in [3.05, 3.63) is 33.8 Å². The van der Waals surface area contributed by atoms with Crippen LogP contribution in [0.5, 0.6) is 0 Å². The highest BCUT2D eigenvalue weighted by Gasteiger charge is 2.19. The van der Waals surface area contributed by atoms with Crippen molar-refractivity contribution in [3.8, 4) is 0 Å². The van der Waals surface area contributed by atoms with Crippen LogP contribution >= 0.6 is 27.5 Å². The van der Waals surface area contributed by atoms with Crippen LogP contribution in [-0.2, 0) is 0 Å². The van der Waals surface area contributed by atoms with Crippen LogP contribution in [0.4, 0.5) is 0 Å². The third-order valence-electron chi connectivity index (χ3n) is 2.94. The van der Waals surface area contributed by atoms with E-state index in [0.29, 0.717) is 18.0 Å². The van der Waals surface area contributed by atoms with E-state index in [2.05, 4.69) is 35.1 Å². The molecule has 0 heterocycles. The topological polar surface area (TPSA) is 29.1 Å². The van der Waals surface area contributed by atoms with E-state index in [0.717, 1.165) is 16.5 Å². The lowest BCUT2D eigenvalue weighted by Gasteiger charge is -2.24. The van der Waals surface area contributed by atoms with Gasteiger partial charge in [-0.1, -0.05) is 35.8 Å². The van der Waals surface area contributed by atoms with Crippen molar-refractivity contribution in [2.24, 2.45) is 5.41 Å². The molecule has 0 aliphatic carbocycles. The fourth-order valence-corrected chi connectivity index (χ4v) is 2.47. The minimum absolute atomic E-state index is 0.0251. The summed E-state index contributed by atoms with van der Waals surface area (Å²) >= 11 is 9.13. The quantitative estimate of drug-likeness (QED) is 0.807. The van der Waals surface area contributed by atoms with Gasteiger partial charge in [-0.25, -0.2) is 0 Å².